The van der Waals surface area contributed by atoms with Crippen molar-refractivity contribution in [2.75, 3.05) is 17.6 Å². The molecule has 2 heterocycles. The number of hydrogen-bond acceptors (Lipinski definition) is 4. The largest absolute Gasteiger partial charge is 0.417 e. The molecule has 0 atom stereocenters. The minimum absolute atomic E-state index is 0.0277. The number of nitrogens with two attached hydrogens (primary N) is 1. The van der Waals surface area contributed by atoms with Crippen LogP contribution in [0.5, 0.6) is 0 Å². The van der Waals surface area contributed by atoms with Gasteiger partial charge in [0, 0.05) is 17.7 Å². The molecule has 3 rings (SSSR count). The normalized spacial score (nSPS) is 14.9. The Bertz CT molecular complexity index is 698. The zero-order valence-electron chi connectivity index (χ0n) is 11.7. The summed E-state index contributed by atoms with van der Waals surface area (Å²) in [6, 6.07) is 5.42. The first-order valence-corrected chi connectivity index (χ1v) is 7.03. The zero-order chi connectivity index (χ0) is 15.7. The lowest BCUT2D eigenvalue weighted by Crippen LogP contribution is -2.11. The van der Waals surface area contributed by atoms with Crippen LogP contribution < -0.4 is 11.1 Å². The highest BCUT2D eigenvalue weighted by atomic mass is 19.4. The predicted molar refractivity (Wildman–Crippen MR) is 78.3 cm³/mol. The van der Waals surface area contributed by atoms with Gasteiger partial charge in [-0.05, 0) is 25.3 Å². The molecule has 1 aliphatic heterocycles. The Morgan fingerprint density at radius 1 is 1.09 bits per heavy atom. The monoisotopic (exact) mass is 308 g/mol. The van der Waals surface area contributed by atoms with E-state index in [4.69, 9.17) is 5.73 Å². The van der Waals surface area contributed by atoms with Crippen molar-refractivity contribution in [3.8, 4) is 11.3 Å². The van der Waals surface area contributed by atoms with Crippen LogP contribution in [-0.2, 0) is 12.6 Å². The number of alkyl halides is 3. The van der Waals surface area contributed by atoms with Crippen LogP contribution in [0.3, 0.4) is 0 Å². The molecule has 3 N–H and O–H groups in total. The molecule has 0 saturated heterocycles. The van der Waals surface area contributed by atoms with Crippen molar-refractivity contribution < 1.29 is 13.2 Å². The molecule has 0 unspecified atom stereocenters. The topological polar surface area (TPSA) is 63.8 Å². The molecule has 0 saturated carbocycles. The van der Waals surface area contributed by atoms with Crippen LogP contribution in [0, 0.1) is 0 Å². The van der Waals surface area contributed by atoms with Gasteiger partial charge in [0.05, 0.1) is 11.3 Å². The van der Waals surface area contributed by atoms with E-state index in [9.17, 15) is 13.2 Å². The Morgan fingerprint density at radius 3 is 2.64 bits per heavy atom. The molecule has 0 radical (unpaired) electrons. The van der Waals surface area contributed by atoms with Gasteiger partial charge in [-0.2, -0.15) is 18.2 Å². The van der Waals surface area contributed by atoms with Gasteiger partial charge in [-0.3, -0.25) is 0 Å². The average molecular weight is 308 g/mol. The second kappa shape index (κ2) is 5.47. The molecular formula is C15H15F3N4. The van der Waals surface area contributed by atoms with E-state index in [1.165, 1.54) is 12.1 Å². The third-order valence-corrected chi connectivity index (χ3v) is 3.66. The summed E-state index contributed by atoms with van der Waals surface area (Å²) in [5, 5.41) is 3.12. The van der Waals surface area contributed by atoms with Crippen molar-refractivity contribution in [3.05, 3.63) is 35.4 Å². The summed E-state index contributed by atoms with van der Waals surface area (Å²) >= 11 is 0. The minimum atomic E-state index is -4.44. The minimum Gasteiger partial charge on any atom is -0.370 e. The van der Waals surface area contributed by atoms with Crippen LogP contribution in [0.15, 0.2) is 24.3 Å². The van der Waals surface area contributed by atoms with Crippen LogP contribution >= 0.6 is 0 Å². The fourth-order valence-corrected chi connectivity index (χ4v) is 2.68. The molecule has 4 nitrogen and oxygen atoms in total. The third kappa shape index (κ3) is 2.70. The molecule has 116 valence electrons. The summed E-state index contributed by atoms with van der Waals surface area (Å²) in [4.78, 5) is 8.23. The van der Waals surface area contributed by atoms with E-state index < -0.39 is 11.7 Å². The first-order valence-electron chi connectivity index (χ1n) is 7.03. The maximum Gasteiger partial charge on any atom is 0.417 e. The molecule has 0 aliphatic carbocycles. The van der Waals surface area contributed by atoms with Gasteiger partial charge in [0.15, 0.2) is 0 Å². The molecule has 0 amide bonds. The SMILES string of the molecule is Nc1nc2c(c(-c3ccccc3C(F)(F)F)n1)CCCCN2. The van der Waals surface area contributed by atoms with Crippen molar-refractivity contribution in [3.63, 3.8) is 0 Å². The fourth-order valence-electron chi connectivity index (χ4n) is 2.68. The van der Waals surface area contributed by atoms with Crippen molar-refractivity contribution in [2.24, 2.45) is 0 Å². The van der Waals surface area contributed by atoms with Crippen molar-refractivity contribution in [2.45, 2.75) is 25.4 Å². The number of benzene rings is 1. The highest BCUT2D eigenvalue weighted by Gasteiger charge is 2.34. The van der Waals surface area contributed by atoms with E-state index in [0.29, 0.717) is 17.8 Å². The summed E-state index contributed by atoms with van der Waals surface area (Å²) in [7, 11) is 0. The van der Waals surface area contributed by atoms with E-state index in [0.717, 1.165) is 25.5 Å². The van der Waals surface area contributed by atoms with Crippen LogP contribution in [0.25, 0.3) is 11.3 Å². The van der Waals surface area contributed by atoms with Crippen LogP contribution in [0.2, 0.25) is 0 Å². The number of hydrogen-bond donors (Lipinski definition) is 2. The zero-order valence-corrected chi connectivity index (χ0v) is 11.7. The van der Waals surface area contributed by atoms with E-state index in [1.54, 1.807) is 6.07 Å². The number of halogens is 3. The van der Waals surface area contributed by atoms with Gasteiger partial charge >= 0.3 is 6.18 Å². The number of anilines is 2. The standard InChI is InChI=1S/C15H15F3N4/c16-15(17,18)11-7-2-1-5-9(11)12-10-6-3-4-8-20-13(10)22-14(19)21-12/h1-2,5,7H,3-4,6,8H2,(H3,19,20,21,22). The van der Waals surface area contributed by atoms with Gasteiger partial charge in [0.2, 0.25) is 5.95 Å². The number of nitrogens with one attached hydrogen (secondary N) is 1. The maximum atomic E-state index is 13.3. The molecule has 7 heteroatoms. The van der Waals surface area contributed by atoms with E-state index >= 15 is 0 Å². The maximum absolute atomic E-state index is 13.3. The molecule has 1 aromatic carbocycles. The quantitative estimate of drug-likeness (QED) is 0.846. The molecular weight excluding hydrogens is 293 g/mol. The van der Waals surface area contributed by atoms with Gasteiger partial charge in [0.25, 0.3) is 0 Å². The summed E-state index contributed by atoms with van der Waals surface area (Å²) in [5.41, 5.74) is 5.99. The molecule has 1 aliphatic rings. The number of nitrogen functional groups attached to an aromatic ring is 1. The summed E-state index contributed by atoms with van der Waals surface area (Å²) in [5.74, 6) is 0.511. The molecule has 0 spiro atoms. The summed E-state index contributed by atoms with van der Waals surface area (Å²) in [6.07, 6.45) is -2.02. The predicted octanol–water partition coefficient (Wildman–Crippen LogP) is 3.49. The lowest BCUT2D eigenvalue weighted by Gasteiger charge is -2.16. The highest BCUT2D eigenvalue weighted by molar-refractivity contribution is 5.73. The molecule has 2 aromatic rings. The first kappa shape index (κ1) is 14.6. The number of fused-ring (bicyclic) bond motifs is 1. The van der Waals surface area contributed by atoms with Crippen LogP contribution in [-0.4, -0.2) is 16.5 Å². The number of rotatable bonds is 1. The third-order valence-electron chi connectivity index (χ3n) is 3.66. The second-order valence-electron chi connectivity index (χ2n) is 5.18. The van der Waals surface area contributed by atoms with Gasteiger partial charge < -0.3 is 11.1 Å². The lowest BCUT2D eigenvalue weighted by molar-refractivity contribution is -0.137. The van der Waals surface area contributed by atoms with Gasteiger partial charge in [-0.15, -0.1) is 0 Å². The molecule has 22 heavy (non-hydrogen) atoms. The summed E-state index contributed by atoms with van der Waals surface area (Å²) < 4.78 is 39.8. The Balaban J connectivity index is 2.23. The van der Waals surface area contributed by atoms with Crippen molar-refractivity contribution in [1.82, 2.24) is 9.97 Å². The van der Waals surface area contributed by atoms with Crippen molar-refractivity contribution in [1.29, 1.82) is 0 Å². The van der Waals surface area contributed by atoms with Gasteiger partial charge in [-0.1, -0.05) is 18.2 Å². The van der Waals surface area contributed by atoms with Crippen LogP contribution in [0.1, 0.15) is 24.0 Å². The number of nitrogens with zero attached hydrogens (tertiary/aromatic N) is 2. The van der Waals surface area contributed by atoms with Gasteiger partial charge in [0.1, 0.15) is 5.82 Å². The first-order chi connectivity index (χ1) is 10.5. The Morgan fingerprint density at radius 2 is 1.86 bits per heavy atom. The number of aromatic nitrogens is 2. The molecule has 0 fully saturated rings. The Labute approximate surface area is 125 Å². The Hall–Kier alpha value is -2.31. The fraction of sp³-hybridized carbons (Fsp3) is 0.333. The molecule has 1 aromatic heterocycles. The van der Waals surface area contributed by atoms with Crippen molar-refractivity contribution >= 4 is 11.8 Å². The van der Waals surface area contributed by atoms with E-state index in [1.807, 2.05) is 0 Å². The summed E-state index contributed by atoms with van der Waals surface area (Å²) in [6.45, 7) is 0.726. The van der Waals surface area contributed by atoms with Crippen LogP contribution in [0.4, 0.5) is 24.9 Å². The second-order valence-corrected chi connectivity index (χ2v) is 5.18. The van der Waals surface area contributed by atoms with E-state index in [2.05, 4.69) is 15.3 Å². The lowest BCUT2D eigenvalue weighted by atomic mass is 9.98. The molecule has 0 bridgehead atoms. The Kier molecular flexibility index (Phi) is 3.64. The average Bonchev–Trinajstić information content (AvgIpc) is 2.70. The highest BCUT2D eigenvalue weighted by Crippen LogP contribution is 2.39. The smallest absolute Gasteiger partial charge is 0.370 e. The van der Waals surface area contributed by atoms with E-state index in [-0.39, 0.29) is 17.2 Å². The van der Waals surface area contributed by atoms with Gasteiger partial charge in [-0.25, -0.2) is 4.98 Å².